The fourth-order valence-electron chi connectivity index (χ4n) is 5.87. The summed E-state index contributed by atoms with van der Waals surface area (Å²) in [6.45, 7) is -0.331. The third-order valence-electron chi connectivity index (χ3n) is 6.41. The molecule has 5 rings (SSSR count). The second-order valence-corrected chi connectivity index (χ2v) is 8.61. The van der Waals surface area contributed by atoms with Crippen LogP contribution in [0.25, 0.3) is 0 Å². The number of carbonyl (C=O) groups is 2. The Hall–Kier alpha value is -2.44. The van der Waals surface area contributed by atoms with Gasteiger partial charge in [-0.3, -0.25) is 19.7 Å². The number of nitro groups is 1. The number of esters is 1. The van der Waals surface area contributed by atoms with Crippen LogP contribution >= 0.6 is 0 Å². The topological polar surface area (TPSA) is 98.5 Å². The number of nitrogens with one attached hydrogen (secondary N) is 1. The lowest BCUT2D eigenvalue weighted by Crippen LogP contribution is -2.47. The number of hydrogen-bond donors (Lipinski definition) is 1. The number of nitrogens with zero attached hydrogens (tertiary/aromatic N) is 1. The van der Waals surface area contributed by atoms with E-state index in [1.54, 1.807) is 0 Å². The summed E-state index contributed by atoms with van der Waals surface area (Å²) in [5, 5.41) is 13.2. The SMILES string of the molecule is O=C(COC(=O)CC12CC3CC(CC(C3)C1)C2)Nc1ccc([N+](=O)[O-])cc1. The predicted octanol–water partition coefficient (Wildman–Crippen LogP) is 3.68. The second-order valence-electron chi connectivity index (χ2n) is 8.61. The van der Waals surface area contributed by atoms with Gasteiger partial charge in [-0.2, -0.15) is 0 Å². The molecule has 0 spiro atoms. The molecule has 0 unspecified atom stereocenters. The van der Waals surface area contributed by atoms with E-state index in [1.165, 1.54) is 43.5 Å². The quantitative estimate of drug-likeness (QED) is 0.466. The van der Waals surface area contributed by atoms with Gasteiger partial charge in [0.1, 0.15) is 0 Å². The van der Waals surface area contributed by atoms with Gasteiger partial charge in [-0.05, 0) is 73.8 Å². The zero-order valence-corrected chi connectivity index (χ0v) is 15.2. The Balaban J connectivity index is 1.25. The smallest absolute Gasteiger partial charge is 0.306 e. The maximum atomic E-state index is 12.3. The first kappa shape index (κ1) is 17.9. The highest BCUT2D eigenvalue weighted by atomic mass is 16.6. The van der Waals surface area contributed by atoms with Crippen LogP contribution in [0.5, 0.6) is 0 Å². The molecule has 1 N–H and O–H groups in total. The second kappa shape index (κ2) is 6.94. The van der Waals surface area contributed by atoms with Crippen molar-refractivity contribution in [1.82, 2.24) is 0 Å². The summed E-state index contributed by atoms with van der Waals surface area (Å²) >= 11 is 0. The van der Waals surface area contributed by atoms with Crippen LogP contribution in [-0.4, -0.2) is 23.4 Å². The van der Waals surface area contributed by atoms with Gasteiger partial charge in [0, 0.05) is 17.8 Å². The van der Waals surface area contributed by atoms with E-state index in [4.69, 9.17) is 4.74 Å². The van der Waals surface area contributed by atoms with Crippen molar-refractivity contribution in [2.45, 2.75) is 44.9 Å². The summed E-state index contributed by atoms with van der Waals surface area (Å²) in [5.74, 6) is 1.58. The zero-order valence-electron chi connectivity index (χ0n) is 15.2. The summed E-state index contributed by atoms with van der Waals surface area (Å²) < 4.78 is 5.22. The van der Waals surface area contributed by atoms with Crippen molar-refractivity contribution in [2.75, 3.05) is 11.9 Å². The van der Waals surface area contributed by atoms with Crippen LogP contribution in [0.3, 0.4) is 0 Å². The molecular weight excluding hydrogens is 348 g/mol. The van der Waals surface area contributed by atoms with Gasteiger partial charge in [-0.1, -0.05) is 0 Å². The monoisotopic (exact) mass is 372 g/mol. The molecule has 4 saturated carbocycles. The minimum absolute atomic E-state index is 0.0463. The Morgan fingerprint density at radius 3 is 2.15 bits per heavy atom. The highest BCUT2D eigenvalue weighted by Gasteiger charge is 2.51. The lowest BCUT2D eigenvalue weighted by atomic mass is 9.49. The van der Waals surface area contributed by atoms with E-state index in [9.17, 15) is 19.7 Å². The number of nitro benzene ring substituents is 1. The van der Waals surface area contributed by atoms with Gasteiger partial charge in [-0.15, -0.1) is 0 Å². The van der Waals surface area contributed by atoms with Gasteiger partial charge in [0.2, 0.25) is 0 Å². The van der Waals surface area contributed by atoms with Crippen LogP contribution in [-0.2, 0) is 14.3 Å². The van der Waals surface area contributed by atoms with Crippen LogP contribution in [0.1, 0.15) is 44.9 Å². The molecule has 0 heterocycles. The van der Waals surface area contributed by atoms with E-state index in [-0.39, 0.29) is 23.7 Å². The Kier molecular flexibility index (Phi) is 4.61. The third-order valence-corrected chi connectivity index (χ3v) is 6.41. The normalized spacial score (nSPS) is 30.7. The molecule has 4 aliphatic carbocycles. The number of amides is 1. The molecule has 4 bridgehead atoms. The van der Waals surface area contributed by atoms with E-state index in [0.29, 0.717) is 12.1 Å². The van der Waals surface area contributed by atoms with Crippen molar-refractivity contribution < 1.29 is 19.2 Å². The van der Waals surface area contributed by atoms with Gasteiger partial charge in [-0.25, -0.2) is 0 Å². The van der Waals surface area contributed by atoms with E-state index in [1.807, 2.05) is 0 Å². The van der Waals surface area contributed by atoms with Crippen molar-refractivity contribution in [3.05, 3.63) is 34.4 Å². The molecule has 0 aliphatic heterocycles. The fraction of sp³-hybridized carbons (Fsp3) is 0.600. The standard InChI is InChI=1S/C20H24N2O5/c23-18(21-16-1-3-17(4-2-16)22(25)26)12-27-19(24)11-20-8-13-5-14(9-20)7-15(6-13)10-20/h1-4,13-15H,5-12H2,(H,21,23). The van der Waals surface area contributed by atoms with Crippen molar-refractivity contribution in [3.63, 3.8) is 0 Å². The minimum Gasteiger partial charge on any atom is -0.456 e. The molecule has 1 amide bonds. The molecule has 0 radical (unpaired) electrons. The van der Waals surface area contributed by atoms with Crippen LogP contribution < -0.4 is 5.32 Å². The molecule has 4 fully saturated rings. The Morgan fingerprint density at radius 1 is 1.07 bits per heavy atom. The van der Waals surface area contributed by atoms with E-state index < -0.39 is 10.8 Å². The molecule has 27 heavy (non-hydrogen) atoms. The van der Waals surface area contributed by atoms with Crippen molar-refractivity contribution >= 4 is 23.3 Å². The van der Waals surface area contributed by atoms with Crippen LogP contribution in [0.4, 0.5) is 11.4 Å². The van der Waals surface area contributed by atoms with Gasteiger partial charge in [0.15, 0.2) is 6.61 Å². The summed E-state index contributed by atoms with van der Waals surface area (Å²) in [6.07, 6.45) is 7.78. The molecule has 144 valence electrons. The molecule has 1 aromatic rings. The van der Waals surface area contributed by atoms with Crippen molar-refractivity contribution in [3.8, 4) is 0 Å². The number of anilines is 1. The first-order chi connectivity index (χ1) is 12.9. The number of ether oxygens (including phenoxy) is 1. The van der Waals surface area contributed by atoms with Gasteiger partial charge in [0.25, 0.3) is 11.6 Å². The van der Waals surface area contributed by atoms with Crippen molar-refractivity contribution in [1.29, 1.82) is 0 Å². The highest BCUT2D eigenvalue weighted by molar-refractivity contribution is 5.92. The molecule has 7 heteroatoms. The van der Waals surface area contributed by atoms with Crippen LogP contribution in [0.2, 0.25) is 0 Å². The number of benzene rings is 1. The van der Waals surface area contributed by atoms with E-state index >= 15 is 0 Å². The van der Waals surface area contributed by atoms with Gasteiger partial charge < -0.3 is 10.1 Å². The number of non-ortho nitro benzene ring substituents is 1. The maximum Gasteiger partial charge on any atom is 0.306 e. The molecule has 0 aromatic heterocycles. The molecule has 0 saturated heterocycles. The maximum absolute atomic E-state index is 12.3. The van der Waals surface area contributed by atoms with Crippen LogP contribution in [0, 0.1) is 33.3 Å². The molecule has 0 atom stereocenters. The molecule has 7 nitrogen and oxygen atoms in total. The third kappa shape index (κ3) is 3.96. The van der Waals surface area contributed by atoms with Crippen LogP contribution in [0.15, 0.2) is 24.3 Å². The van der Waals surface area contributed by atoms with Gasteiger partial charge in [0.05, 0.1) is 11.3 Å². The average Bonchev–Trinajstić information content (AvgIpc) is 2.59. The zero-order chi connectivity index (χ0) is 19.0. The molecular formula is C20H24N2O5. The lowest BCUT2D eigenvalue weighted by Gasteiger charge is -2.56. The number of carbonyl (C=O) groups excluding carboxylic acids is 2. The minimum atomic E-state index is -0.502. The Bertz CT molecular complexity index is 723. The van der Waals surface area contributed by atoms with E-state index in [0.717, 1.165) is 37.0 Å². The molecule has 1 aromatic carbocycles. The Morgan fingerprint density at radius 2 is 1.63 bits per heavy atom. The highest BCUT2D eigenvalue weighted by Crippen LogP contribution is 2.61. The summed E-state index contributed by atoms with van der Waals surface area (Å²) in [6, 6.07) is 5.53. The lowest BCUT2D eigenvalue weighted by molar-refractivity contribution is -0.384. The van der Waals surface area contributed by atoms with E-state index in [2.05, 4.69) is 5.32 Å². The number of rotatable bonds is 6. The summed E-state index contributed by atoms with van der Waals surface area (Å²) in [7, 11) is 0. The largest absolute Gasteiger partial charge is 0.456 e. The fourth-order valence-corrected chi connectivity index (χ4v) is 5.87. The predicted molar refractivity (Wildman–Crippen MR) is 97.9 cm³/mol. The summed E-state index contributed by atoms with van der Waals surface area (Å²) in [5.41, 5.74) is 0.485. The van der Waals surface area contributed by atoms with Crippen molar-refractivity contribution in [2.24, 2.45) is 23.2 Å². The number of hydrogen-bond acceptors (Lipinski definition) is 5. The Labute approximate surface area is 157 Å². The average molecular weight is 372 g/mol. The summed E-state index contributed by atoms with van der Waals surface area (Å²) in [4.78, 5) is 34.4. The molecule has 4 aliphatic rings. The first-order valence-electron chi connectivity index (χ1n) is 9.61. The first-order valence-corrected chi connectivity index (χ1v) is 9.61. The van der Waals surface area contributed by atoms with Gasteiger partial charge >= 0.3 is 5.97 Å².